The lowest BCUT2D eigenvalue weighted by molar-refractivity contribution is -0.137. The Morgan fingerprint density at radius 1 is 0.947 bits per heavy atom. The van der Waals surface area contributed by atoms with Gasteiger partial charge in [-0.3, -0.25) is 0 Å². The molecule has 4 aromatic rings. The third-order valence-corrected chi connectivity index (χ3v) is 6.82. The van der Waals surface area contributed by atoms with Crippen molar-refractivity contribution in [1.82, 2.24) is 9.97 Å². The second-order valence-electron chi connectivity index (χ2n) is 9.68. The van der Waals surface area contributed by atoms with Gasteiger partial charge in [-0.15, -0.1) is 0 Å². The minimum absolute atomic E-state index is 0.0179. The Morgan fingerprint density at radius 3 is 2.32 bits per heavy atom. The fourth-order valence-electron chi connectivity index (χ4n) is 4.65. The maximum absolute atomic E-state index is 14.8. The molecule has 5 rings (SSSR count). The number of benzene rings is 3. The highest BCUT2D eigenvalue weighted by atomic mass is 19.4. The highest BCUT2D eigenvalue weighted by Gasteiger charge is 2.35. The SMILES string of the molecule is [C-]#[N+]c1ccc(-c2nc(N3CCC(C)(N)CC3)nc3ccc(-c4c(F)cccc4C(F)(F)F)cc23)cc1F. The van der Waals surface area contributed by atoms with E-state index in [0.29, 0.717) is 48.3 Å². The van der Waals surface area contributed by atoms with Gasteiger partial charge in [0.25, 0.3) is 0 Å². The van der Waals surface area contributed by atoms with E-state index in [1.807, 2.05) is 11.8 Å². The van der Waals surface area contributed by atoms with Crippen LogP contribution in [-0.2, 0) is 6.18 Å². The fraction of sp³-hybridized carbons (Fsp3) is 0.250. The number of hydrogen-bond donors (Lipinski definition) is 1. The molecular weight excluding hydrogens is 501 g/mol. The molecule has 0 saturated carbocycles. The third kappa shape index (κ3) is 4.77. The second kappa shape index (κ2) is 9.33. The largest absolute Gasteiger partial charge is 0.417 e. The molecule has 0 aliphatic carbocycles. The fourth-order valence-corrected chi connectivity index (χ4v) is 4.65. The monoisotopic (exact) mass is 523 g/mol. The van der Waals surface area contributed by atoms with E-state index < -0.39 is 28.9 Å². The molecule has 2 N–H and O–H groups in total. The second-order valence-corrected chi connectivity index (χ2v) is 9.68. The number of nitrogens with zero attached hydrogens (tertiary/aromatic N) is 4. The van der Waals surface area contributed by atoms with Crippen LogP contribution in [0.2, 0.25) is 0 Å². The molecule has 38 heavy (non-hydrogen) atoms. The maximum Gasteiger partial charge on any atom is 0.417 e. The summed E-state index contributed by atoms with van der Waals surface area (Å²) in [6, 6.07) is 11.1. The lowest BCUT2D eigenvalue weighted by Gasteiger charge is -2.36. The minimum Gasteiger partial charge on any atom is -0.341 e. The predicted molar refractivity (Wildman–Crippen MR) is 136 cm³/mol. The first-order valence-electron chi connectivity index (χ1n) is 11.9. The molecule has 1 saturated heterocycles. The van der Waals surface area contributed by atoms with Gasteiger partial charge in [0.1, 0.15) is 11.6 Å². The van der Waals surface area contributed by atoms with Crippen LogP contribution in [0.4, 0.5) is 33.6 Å². The normalized spacial score (nSPS) is 15.5. The first kappa shape index (κ1) is 25.5. The molecule has 0 amide bonds. The Bertz CT molecular complexity index is 1580. The number of hydrogen-bond acceptors (Lipinski definition) is 4. The first-order chi connectivity index (χ1) is 18.0. The molecule has 0 bridgehead atoms. The molecule has 10 heteroatoms. The molecule has 3 aromatic carbocycles. The first-order valence-corrected chi connectivity index (χ1v) is 11.9. The van der Waals surface area contributed by atoms with Gasteiger partial charge in [0, 0.05) is 35.1 Å². The van der Waals surface area contributed by atoms with Crippen LogP contribution in [0.3, 0.4) is 0 Å². The average molecular weight is 524 g/mol. The van der Waals surface area contributed by atoms with Crippen LogP contribution in [0.1, 0.15) is 25.3 Å². The molecule has 0 spiro atoms. The van der Waals surface area contributed by atoms with Crippen molar-refractivity contribution in [2.45, 2.75) is 31.5 Å². The van der Waals surface area contributed by atoms with Crippen molar-refractivity contribution in [2.75, 3.05) is 18.0 Å². The van der Waals surface area contributed by atoms with Gasteiger partial charge >= 0.3 is 6.18 Å². The molecule has 0 unspecified atom stereocenters. The summed E-state index contributed by atoms with van der Waals surface area (Å²) in [6.45, 7) is 10.3. The van der Waals surface area contributed by atoms with Gasteiger partial charge in [-0.1, -0.05) is 24.3 Å². The zero-order chi connectivity index (χ0) is 27.2. The number of fused-ring (bicyclic) bond motifs is 1. The Kier molecular flexibility index (Phi) is 6.27. The Balaban J connectivity index is 1.73. The van der Waals surface area contributed by atoms with Crippen LogP contribution in [0.25, 0.3) is 38.1 Å². The third-order valence-electron chi connectivity index (χ3n) is 6.82. The zero-order valence-electron chi connectivity index (χ0n) is 20.3. The molecule has 5 nitrogen and oxygen atoms in total. The van der Waals surface area contributed by atoms with Crippen LogP contribution in [-0.4, -0.2) is 28.6 Å². The van der Waals surface area contributed by atoms with E-state index in [9.17, 15) is 22.0 Å². The van der Waals surface area contributed by atoms with E-state index in [-0.39, 0.29) is 22.5 Å². The van der Waals surface area contributed by atoms with Crippen LogP contribution < -0.4 is 10.6 Å². The number of nitrogens with two attached hydrogens (primary N) is 1. The number of aromatic nitrogens is 2. The lowest BCUT2D eigenvalue weighted by atomic mass is 9.91. The Morgan fingerprint density at radius 2 is 1.66 bits per heavy atom. The van der Waals surface area contributed by atoms with Gasteiger partial charge in [0.15, 0.2) is 0 Å². The van der Waals surface area contributed by atoms with Crippen LogP contribution in [0, 0.1) is 18.2 Å². The number of piperidine rings is 1. The van der Waals surface area contributed by atoms with E-state index in [1.165, 1.54) is 30.3 Å². The molecule has 194 valence electrons. The summed E-state index contributed by atoms with van der Waals surface area (Å²) in [4.78, 5) is 14.4. The molecule has 1 aliphatic rings. The summed E-state index contributed by atoms with van der Waals surface area (Å²) < 4.78 is 70.6. The van der Waals surface area contributed by atoms with Crippen LogP contribution in [0.5, 0.6) is 0 Å². The van der Waals surface area contributed by atoms with Gasteiger partial charge < -0.3 is 10.6 Å². The summed E-state index contributed by atoms with van der Waals surface area (Å²) in [7, 11) is 0. The van der Waals surface area contributed by atoms with Crippen molar-refractivity contribution < 1.29 is 22.0 Å². The van der Waals surface area contributed by atoms with Crippen molar-refractivity contribution in [1.29, 1.82) is 0 Å². The summed E-state index contributed by atoms with van der Waals surface area (Å²) >= 11 is 0. The maximum atomic E-state index is 14.8. The van der Waals surface area contributed by atoms with E-state index in [0.717, 1.165) is 24.3 Å². The highest BCUT2D eigenvalue weighted by Crippen LogP contribution is 2.40. The standard InChI is InChI=1S/C28H22F5N5/c1-27(34)10-12-38(13-11-27)26-36-22-8-6-16(24-19(28(31,32)33)4-3-5-20(24)29)14-18(22)25(37-26)17-7-9-23(35-2)21(30)15-17/h3-9,14-15H,10-13,34H2,1H3. The van der Waals surface area contributed by atoms with Gasteiger partial charge in [-0.25, -0.2) is 23.6 Å². The van der Waals surface area contributed by atoms with E-state index in [4.69, 9.17) is 12.3 Å². The van der Waals surface area contributed by atoms with E-state index >= 15 is 0 Å². The van der Waals surface area contributed by atoms with Crippen LogP contribution in [0.15, 0.2) is 54.6 Å². The lowest BCUT2D eigenvalue weighted by Crippen LogP contribution is -2.48. The van der Waals surface area contributed by atoms with Gasteiger partial charge in [-0.2, -0.15) is 13.2 Å². The molecule has 1 aromatic heterocycles. The molecule has 1 aliphatic heterocycles. The number of rotatable bonds is 3. The summed E-state index contributed by atoms with van der Waals surface area (Å²) in [5, 5.41) is 0.318. The smallest absolute Gasteiger partial charge is 0.341 e. The number of halogens is 5. The zero-order valence-corrected chi connectivity index (χ0v) is 20.3. The molecule has 0 atom stereocenters. The molecule has 1 fully saturated rings. The molecule has 0 radical (unpaired) electrons. The van der Waals surface area contributed by atoms with Crippen LogP contribution >= 0.6 is 0 Å². The molecular formula is C28H22F5N5. The quantitative estimate of drug-likeness (QED) is 0.229. The van der Waals surface area contributed by atoms with Crippen molar-refractivity contribution in [3.05, 3.63) is 83.2 Å². The van der Waals surface area contributed by atoms with Crippen molar-refractivity contribution >= 4 is 22.5 Å². The van der Waals surface area contributed by atoms with Crippen molar-refractivity contribution in [3.8, 4) is 22.4 Å². The van der Waals surface area contributed by atoms with Gasteiger partial charge in [0.2, 0.25) is 11.6 Å². The Hall–Kier alpha value is -4.10. The Labute approximate surface area is 215 Å². The van der Waals surface area contributed by atoms with E-state index in [1.54, 1.807) is 0 Å². The minimum atomic E-state index is -4.78. The highest BCUT2D eigenvalue weighted by molar-refractivity contribution is 5.96. The average Bonchev–Trinajstić information content (AvgIpc) is 2.87. The topological polar surface area (TPSA) is 59.4 Å². The van der Waals surface area contributed by atoms with E-state index in [2.05, 4.69) is 14.8 Å². The molecule has 2 heterocycles. The summed E-state index contributed by atoms with van der Waals surface area (Å²) in [6.07, 6.45) is -3.38. The number of anilines is 1. The van der Waals surface area contributed by atoms with Gasteiger partial charge in [-0.05, 0) is 55.7 Å². The summed E-state index contributed by atoms with van der Waals surface area (Å²) in [5.41, 5.74) is 5.01. The predicted octanol–water partition coefficient (Wildman–Crippen LogP) is 7.13. The van der Waals surface area contributed by atoms with Crippen molar-refractivity contribution in [3.63, 3.8) is 0 Å². The number of alkyl halides is 3. The summed E-state index contributed by atoms with van der Waals surface area (Å²) in [5.74, 6) is -1.41. The van der Waals surface area contributed by atoms with Gasteiger partial charge in [0.05, 0.1) is 23.3 Å². The van der Waals surface area contributed by atoms with Crippen molar-refractivity contribution in [2.24, 2.45) is 5.73 Å².